The van der Waals surface area contributed by atoms with Gasteiger partial charge < -0.3 is 14.6 Å². The van der Waals surface area contributed by atoms with Crippen LogP contribution in [0.3, 0.4) is 0 Å². The molecule has 0 bridgehead atoms. The lowest BCUT2D eigenvalue weighted by atomic mass is 9.96. The summed E-state index contributed by atoms with van der Waals surface area (Å²) in [5.74, 6) is -1.23. The number of carbonyl (C=O) groups excluding carboxylic acids is 1. The number of aryl methyl sites for hydroxylation is 1. The van der Waals surface area contributed by atoms with Gasteiger partial charge in [-0.25, -0.2) is 4.98 Å². The summed E-state index contributed by atoms with van der Waals surface area (Å²) in [7, 11) is 0. The van der Waals surface area contributed by atoms with Gasteiger partial charge in [-0.1, -0.05) is 30.3 Å². The molecule has 1 aromatic carbocycles. The van der Waals surface area contributed by atoms with Gasteiger partial charge in [-0.2, -0.15) is 0 Å². The van der Waals surface area contributed by atoms with E-state index in [1.165, 1.54) is 4.90 Å². The molecule has 3 rings (SSSR count). The highest BCUT2D eigenvalue weighted by atomic mass is 16.4. The minimum absolute atomic E-state index is 0.0762. The summed E-state index contributed by atoms with van der Waals surface area (Å²) in [6.45, 7) is 0.747. The molecule has 0 fully saturated rings. The van der Waals surface area contributed by atoms with Crippen molar-refractivity contribution in [3.05, 3.63) is 54.1 Å². The molecule has 126 valence electrons. The summed E-state index contributed by atoms with van der Waals surface area (Å²) in [6.07, 6.45) is 5.76. The number of rotatable bonds is 6. The van der Waals surface area contributed by atoms with Crippen LogP contribution in [0.1, 0.15) is 17.7 Å². The molecule has 1 atom stereocenters. The highest BCUT2D eigenvalue weighted by molar-refractivity contribution is 5.83. The topological polar surface area (TPSA) is 75.4 Å². The van der Waals surface area contributed by atoms with Gasteiger partial charge in [0.1, 0.15) is 6.54 Å². The predicted octanol–water partition coefficient (Wildman–Crippen LogP) is 1.60. The third-order valence-electron chi connectivity index (χ3n) is 4.46. The zero-order valence-electron chi connectivity index (χ0n) is 13.5. The molecule has 1 unspecified atom stereocenters. The average molecular weight is 327 g/mol. The molecule has 1 aliphatic rings. The van der Waals surface area contributed by atoms with Crippen molar-refractivity contribution < 1.29 is 14.7 Å². The van der Waals surface area contributed by atoms with Crippen LogP contribution in [-0.2, 0) is 29.0 Å². The third-order valence-corrected chi connectivity index (χ3v) is 4.46. The number of carboxylic acid groups (broad SMARTS) is 1. The minimum atomic E-state index is -0.976. The molecule has 0 spiro atoms. The van der Waals surface area contributed by atoms with Crippen LogP contribution in [0.5, 0.6) is 0 Å². The first-order chi connectivity index (χ1) is 11.6. The van der Waals surface area contributed by atoms with E-state index in [-0.39, 0.29) is 18.4 Å². The van der Waals surface area contributed by atoms with E-state index < -0.39 is 5.97 Å². The molecule has 6 nitrogen and oxygen atoms in total. The van der Waals surface area contributed by atoms with Crippen LogP contribution in [0.15, 0.2) is 42.9 Å². The summed E-state index contributed by atoms with van der Waals surface area (Å²) < 4.78 is 1.99. The number of amides is 1. The number of carbonyl (C=O) groups is 2. The van der Waals surface area contributed by atoms with Crippen molar-refractivity contribution in [1.82, 2.24) is 14.5 Å². The van der Waals surface area contributed by atoms with E-state index >= 15 is 0 Å². The number of carboxylic acids is 1. The molecule has 0 aliphatic carbocycles. The van der Waals surface area contributed by atoms with Gasteiger partial charge in [0.05, 0.1) is 12.2 Å². The summed E-state index contributed by atoms with van der Waals surface area (Å²) in [6, 6.07) is 9.80. The second-order valence-electron chi connectivity index (χ2n) is 6.16. The van der Waals surface area contributed by atoms with Crippen LogP contribution in [-0.4, -0.2) is 44.5 Å². The Balaban J connectivity index is 1.66. The minimum Gasteiger partial charge on any atom is -0.480 e. The maximum Gasteiger partial charge on any atom is 0.323 e. The third kappa shape index (κ3) is 3.82. The van der Waals surface area contributed by atoms with Gasteiger partial charge in [0.15, 0.2) is 0 Å². The van der Waals surface area contributed by atoms with Crippen molar-refractivity contribution in [3.63, 3.8) is 0 Å². The van der Waals surface area contributed by atoms with Gasteiger partial charge in [-0.05, 0) is 24.8 Å². The lowest BCUT2D eigenvalue weighted by Crippen LogP contribution is -2.43. The monoisotopic (exact) mass is 327 g/mol. The first kappa shape index (κ1) is 16.2. The number of hydrogen-bond acceptors (Lipinski definition) is 3. The molecule has 1 N–H and O–H groups in total. The molecule has 2 aromatic rings. The Morgan fingerprint density at radius 2 is 2.08 bits per heavy atom. The molecular formula is C18H21N3O3. The van der Waals surface area contributed by atoms with Gasteiger partial charge >= 0.3 is 5.97 Å². The number of aromatic nitrogens is 2. The van der Waals surface area contributed by atoms with Crippen molar-refractivity contribution in [1.29, 1.82) is 0 Å². The molecule has 0 saturated heterocycles. The Hall–Kier alpha value is -2.63. The Morgan fingerprint density at radius 1 is 1.29 bits per heavy atom. The number of fused-ring (bicyclic) bond motifs is 1. The summed E-state index contributed by atoms with van der Waals surface area (Å²) in [5.41, 5.74) is 2.23. The van der Waals surface area contributed by atoms with E-state index in [4.69, 9.17) is 5.11 Å². The average Bonchev–Trinajstić information content (AvgIpc) is 3.06. The smallest absolute Gasteiger partial charge is 0.323 e. The molecule has 6 heteroatoms. The first-order valence-electron chi connectivity index (χ1n) is 8.17. The SMILES string of the molecule is O=C(O)CN(CCc1ccccc1)C(=O)C1CCc2cncn2C1. The zero-order chi connectivity index (χ0) is 16.9. The van der Waals surface area contributed by atoms with E-state index in [9.17, 15) is 9.59 Å². The lowest BCUT2D eigenvalue weighted by molar-refractivity contribution is -0.146. The fraction of sp³-hybridized carbons (Fsp3) is 0.389. The van der Waals surface area contributed by atoms with Crippen molar-refractivity contribution in [2.24, 2.45) is 5.92 Å². The molecule has 1 amide bonds. The van der Waals surface area contributed by atoms with E-state index in [0.29, 0.717) is 19.5 Å². The Kier molecular flexibility index (Phi) is 4.93. The standard InChI is InChI=1S/C18H21N3O3/c22-17(23)12-20(9-8-14-4-2-1-3-5-14)18(24)15-6-7-16-10-19-13-21(16)11-15/h1-5,10,13,15H,6-9,11-12H2,(H,22,23). The van der Waals surface area contributed by atoms with Gasteiger partial charge in [0.2, 0.25) is 5.91 Å². The van der Waals surface area contributed by atoms with Crippen LogP contribution in [0, 0.1) is 5.92 Å². The Morgan fingerprint density at radius 3 is 2.83 bits per heavy atom. The van der Waals surface area contributed by atoms with Crippen LogP contribution in [0.25, 0.3) is 0 Å². The molecule has 0 radical (unpaired) electrons. The maximum absolute atomic E-state index is 12.8. The van der Waals surface area contributed by atoms with Crippen molar-refractivity contribution in [2.75, 3.05) is 13.1 Å². The quantitative estimate of drug-likeness (QED) is 0.874. The summed E-state index contributed by atoms with van der Waals surface area (Å²) >= 11 is 0. The number of nitrogens with zero attached hydrogens (tertiary/aromatic N) is 3. The number of imidazole rings is 1. The van der Waals surface area contributed by atoms with Crippen molar-refractivity contribution >= 4 is 11.9 Å². The fourth-order valence-electron chi connectivity index (χ4n) is 3.17. The molecular weight excluding hydrogens is 306 g/mol. The van der Waals surface area contributed by atoms with E-state index in [1.807, 2.05) is 41.1 Å². The lowest BCUT2D eigenvalue weighted by Gasteiger charge is -2.29. The summed E-state index contributed by atoms with van der Waals surface area (Å²) in [5, 5.41) is 9.14. The van der Waals surface area contributed by atoms with Crippen molar-refractivity contribution in [3.8, 4) is 0 Å². The van der Waals surface area contributed by atoms with Crippen LogP contribution in [0.4, 0.5) is 0 Å². The second-order valence-corrected chi connectivity index (χ2v) is 6.16. The summed E-state index contributed by atoms with van der Waals surface area (Å²) in [4.78, 5) is 29.6. The van der Waals surface area contributed by atoms with Crippen molar-refractivity contribution in [2.45, 2.75) is 25.8 Å². The van der Waals surface area contributed by atoms with Crippen LogP contribution < -0.4 is 0 Å². The first-order valence-corrected chi connectivity index (χ1v) is 8.17. The Bertz CT molecular complexity index is 711. The van der Waals surface area contributed by atoms with Crippen LogP contribution in [0.2, 0.25) is 0 Å². The molecule has 1 aliphatic heterocycles. The van der Waals surface area contributed by atoms with Gasteiger partial charge in [-0.15, -0.1) is 0 Å². The second kappa shape index (κ2) is 7.29. The number of aliphatic carboxylic acids is 1. The van der Waals surface area contributed by atoms with E-state index in [1.54, 1.807) is 6.33 Å². The zero-order valence-corrected chi connectivity index (χ0v) is 13.5. The number of benzene rings is 1. The van der Waals surface area contributed by atoms with E-state index in [2.05, 4.69) is 4.98 Å². The molecule has 0 saturated carbocycles. The van der Waals surface area contributed by atoms with Gasteiger partial charge in [-0.3, -0.25) is 9.59 Å². The molecule has 1 aromatic heterocycles. The number of hydrogen-bond donors (Lipinski definition) is 1. The predicted molar refractivity (Wildman–Crippen MR) is 88.4 cm³/mol. The Labute approximate surface area is 140 Å². The largest absolute Gasteiger partial charge is 0.480 e. The fourth-order valence-corrected chi connectivity index (χ4v) is 3.17. The highest BCUT2D eigenvalue weighted by Crippen LogP contribution is 2.21. The molecule has 2 heterocycles. The van der Waals surface area contributed by atoms with Gasteiger partial charge in [0.25, 0.3) is 0 Å². The normalized spacial score (nSPS) is 16.4. The van der Waals surface area contributed by atoms with E-state index in [0.717, 1.165) is 24.1 Å². The van der Waals surface area contributed by atoms with Gasteiger partial charge in [0, 0.05) is 25.0 Å². The van der Waals surface area contributed by atoms with Crippen LogP contribution >= 0.6 is 0 Å². The molecule has 24 heavy (non-hydrogen) atoms. The highest BCUT2D eigenvalue weighted by Gasteiger charge is 2.29. The maximum atomic E-state index is 12.8.